The van der Waals surface area contributed by atoms with Crippen molar-refractivity contribution in [2.45, 2.75) is 25.7 Å². The van der Waals surface area contributed by atoms with Crippen LogP contribution in [0.15, 0.2) is 24.3 Å². The molecule has 0 saturated heterocycles. The van der Waals surface area contributed by atoms with E-state index < -0.39 is 0 Å². The number of carbonyl (C=O) groups excluding carboxylic acids is 2. The van der Waals surface area contributed by atoms with Crippen molar-refractivity contribution in [3.8, 4) is 0 Å². The maximum atomic E-state index is 11.9. The Morgan fingerprint density at radius 2 is 1.31 bits per heavy atom. The van der Waals surface area contributed by atoms with Gasteiger partial charge in [-0.3, -0.25) is 9.59 Å². The second kappa shape index (κ2) is 3.55. The molecule has 0 amide bonds. The van der Waals surface area contributed by atoms with E-state index in [2.05, 4.69) is 0 Å². The zero-order valence-corrected chi connectivity index (χ0v) is 9.11. The molecule has 0 radical (unpaired) electrons. The number of ketones is 2. The van der Waals surface area contributed by atoms with Crippen molar-refractivity contribution in [3.63, 3.8) is 0 Å². The molecule has 0 atom stereocenters. The first kappa shape index (κ1) is 9.76. The zero-order valence-electron chi connectivity index (χ0n) is 9.11. The first-order valence-corrected chi connectivity index (χ1v) is 5.94. The average molecular weight is 214 g/mol. The lowest BCUT2D eigenvalue weighted by Gasteiger charge is -2.02. The van der Waals surface area contributed by atoms with Gasteiger partial charge < -0.3 is 0 Å². The van der Waals surface area contributed by atoms with Gasteiger partial charge >= 0.3 is 0 Å². The van der Waals surface area contributed by atoms with Gasteiger partial charge in [-0.25, -0.2) is 0 Å². The summed E-state index contributed by atoms with van der Waals surface area (Å²) < 4.78 is 0. The van der Waals surface area contributed by atoms with Crippen molar-refractivity contribution in [1.29, 1.82) is 0 Å². The Bertz CT molecular complexity index is 414. The molecule has 0 aromatic heterocycles. The van der Waals surface area contributed by atoms with Crippen LogP contribution in [0.5, 0.6) is 0 Å². The lowest BCUT2D eigenvalue weighted by molar-refractivity contribution is 0.0967. The van der Waals surface area contributed by atoms with Crippen LogP contribution < -0.4 is 0 Å². The molecule has 0 N–H and O–H groups in total. The molecule has 2 nitrogen and oxygen atoms in total. The quantitative estimate of drug-likeness (QED) is 0.722. The number of rotatable bonds is 4. The number of carbonyl (C=O) groups is 2. The van der Waals surface area contributed by atoms with Gasteiger partial charge in [0.2, 0.25) is 0 Å². The largest absolute Gasteiger partial charge is 0.294 e. The van der Waals surface area contributed by atoms with Crippen LogP contribution in [0.25, 0.3) is 0 Å². The molecular formula is C14H14O2. The van der Waals surface area contributed by atoms with Crippen LogP contribution in [0.4, 0.5) is 0 Å². The lowest BCUT2D eigenvalue weighted by atomic mass is 10.0. The molecular weight excluding hydrogens is 200 g/mol. The summed E-state index contributed by atoms with van der Waals surface area (Å²) in [4.78, 5) is 23.7. The highest BCUT2D eigenvalue weighted by Crippen LogP contribution is 2.34. The first-order chi connectivity index (χ1) is 7.75. The Balaban J connectivity index is 1.86. The summed E-state index contributed by atoms with van der Waals surface area (Å²) in [5.74, 6) is 0.883. The zero-order chi connectivity index (χ0) is 11.1. The number of benzene rings is 1. The Morgan fingerprint density at radius 3 is 1.69 bits per heavy atom. The summed E-state index contributed by atoms with van der Waals surface area (Å²) in [6.45, 7) is 0. The summed E-state index contributed by atoms with van der Waals surface area (Å²) in [7, 11) is 0. The standard InChI is InChI=1S/C14H14O2/c15-13(9-4-5-9)11-2-1-3-12(8-11)14(16)10-6-7-10/h1-3,8-10H,4-7H2. The van der Waals surface area contributed by atoms with Crippen LogP contribution >= 0.6 is 0 Å². The normalized spacial score (nSPS) is 19.5. The predicted octanol–water partition coefficient (Wildman–Crippen LogP) is 2.87. The summed E-state index contributed by atoms with van der Waals surface area (Å²) >= 11 is 0. The smallest absolute Gasteiger partial charge is 0.165 e. The Morgan fingerprint density at radius 1 is 0.875 bits per heavy atom. The van der Waals surface area contributed by atoms with E-state index in [9.17, 15) is 9.59 Å². The van der Waals surface area contributed by atoms with Gasteiger partial charge in [-0.05, 0) is 31.7 Å². The molecule has 16 heavy (non-hydrogen) atoms. The van der Waals surface area contributed by atoms with Crippen LogP contribution in [-0.4, -0.2) is 11.6 Å². The molecule has 2 aliphatic rings. The van der Waals surface area contributed by atoms with Crippen LogP contribution in [-0.2, 0) is 0 Å². The van der Waals surface area contributed by atoms with Gasteiger partial charge in [0.15, 0.2) is 11.6 Å². The molecule has 0 unspecified atom stereocenters. The summed E-state index contributed by atoms with van der Waals surface area (Å²) in [5.41, 5.74) is 1.43. The lowest BCUT2D eigenvalue weighted by Crippen LogP contribution is -2.06. The van der Waals surface area contributed by atoms with Crippen LogP contribution in [0.2, 0.25) is 0 Å². The fraction of sp³-hybridized carbons (Fsp3) is 0.429. The van der Waals surface area contributed by atoms with E-state index in [4.69, 9.17) is 0 Å². The van der Waals surface area contributed by atoms with E-state index in [1.807, 2.05) is 18.2 Å². The molecule has 2 fully saturated rings. The van der Waals surface area contributed by atoms with Crippen molar-refractivity contribution >= 4 is 11.6 Å². The highest BCUT2D eigenvalue weighted by Gasteiger charge is 2.32. The second-order valence-electron chi connectivity index (χ2n) is 4.86. The summed E-state index contributed by atoms with van der Waals surface area (Å²) in [5, 5.41) is 0. The van der Waals surface area contributed by atoms with Gasteiger partial charge in [0.25, 0.3) is 0 Å². The van der Waals surface area contributed by atoms with Crippen molar-refractivity contribution in [2.24, 2.45) is 11.8 Å². The van der Waals surface area contributed by atoms with E-state index >= 15 is 0 Å². The van der Waals surface area contributed by atoms with Gasteiger partial charge in [0.05, 0.1) is 0 Å². The summed E-state index contributed by atoms with van der Waals surface area (Å²) in [6, 6.07) is 7.25. The van der Waals surface area contributed by atoms with Crippen LogP contribution in [0.3, 0.4) is 0 Å². The van der Waals surface area contributed by atoms with Gasteiger partial charge in [0.1, 0.15) is 0 Å². The minimum atomic E-state index is 0.213. The van der Waals surface area contributed by atoms with Gasteiger partial charge in [-0.1, -0.05) is 18.2 Å². The first-order valence-electron chi connectivity index (χ1n) is 5.94. The molecule has 3 rings (SSSR count). The van der Waals surface area contributed by atoms with Gasteiger partial charge in [-0.15, -0.1) is 0 Å². The highest BCUT2D eigenvalue weighted by atomic mass is 16.1. The van der Waals surface area contributed by atoms with Crippen molar-refractivity contribution in [1.82, 2.24) is 0 Å². The monoisotopic (exact) mass is 214 g/mol. The number of Topliss-reactive ketones (excluding diaryl/α,β-unsaturated/α-hetero) is 2. The third kappa shape index (κ3) is 1.80. The van der Waals surface area contributed by atoms with Gasteiger partial charge in [-0.2, -0.15) is 0 Å². The molecule has 0 spiro atoms. The van der Waals surface area contributed by atoms with E-state index in [1.54, 1.807) is 6.07 Å². The third-order valence-corrected chi connectivity index (χ3v) is 3.33. The third-order valence-electron chi connectivity index (χ3n) is 3.33. The maximum Gasteiger partial charge on any atom is 0.165 e. The van der Waals surface area contributed by atoms with Crippen LogP contribution in [0, 0.1) is 11.8 Å². The summed E-state index contributed by atoms with van der Waals surface area (Å²) in [6.07, 6.45) is 4.05. The predicted molar refractivity (Wildman–Crippen MR) is 60.6 cm³/mol. The molecule has 2 heteroatoms. The van der Waals surface area contributed by atoms with E-state index in [1.165, 1.54) is 0 Å². The molecule has 0 bridgehead atoms. The number of hydrogen-bond donors (Lipinski definition) is 0. The molecule has 2 aliphatic carbocycles. The second-order valence-corrected chi connectivity index (χ2v) is 4.86. The molecule has 0 aliphatic heterocycles. The molecule has 82 valence electrons. The fourth-order valence-electron chi connectivity index (χ4n) is 1.99. The molecule has 1 aromatic carbocycles. The van der Waals surface area contributed by atoms with E-state index in [-0.39, 0.29) is 23.4 Å². The van der Waals surface area contributed by atoms with Crippen molar-refractivity contribution < 1.29 is 9.59 Å². The topological polar surface area (TPSA) is 34.1 Å². The minimum Gasteiger partial charge on any atom is -0.294 e. The highest BCUT2D eigenvalue weighted by molar-refractivity contribution is 6.04. The van der Waals surface area contributed by atoms with Crippen LogP contribution in [0.1, 0.15) is 46.4 Å². The number of hydrogen-bond acceptors (Lipinski definition) is 2. The van der Waals surface area contributed by atoms with E-state index in [0.29, 0.717) is 11.1 Å². The Labute approximate surface area is 94.7 Å². The minimum absolute atomic E-state index is 0.213. The fourth-order valence-corrected chi connectivity index (χ4v) is 1.99. The molecule has 2 saturated carbocycles. The van der Waals surface area contributed by atoms with Crippen molar-refractivity contribution in [3.05, 3.63) is 35.4 Å². The van der Waals surface area contributed by atoms with E-state index in [0.717, 1.165) is 25.7 Å². The molecule has 0 heterocycles. The van der Waals surface area contributed by atoms with Crippen molar-refractivity contribution in [2.75, 3.05) is 0 Å². The maximum absolute atomic E-state index is 11.9. The Kier molecular flexibility index (Phi) is 2.16. The Hall–Kier alpha value is -1.44. The average Bonchev–Trinajstić information content (AvgIpc) is 3.20. The van der Waals surface area contributed by atoms with Gasteiger partial charge in [0, 0.05) is 23.0 Å². The molecule has 1 aromatic rings. The SMILES string of the molecule is O=C(c1cccc(C(=O)C2CC2)c1)C1CC1.